The van der Waals surface area contributed by atoms with Crippen LogP contribution >= 0.6 is 15.9 Å². The van der Waals surface area contributed by atoms with Gasteiger partial charge in [0.1, 0.15) is 6.61 Å². The summed E-state index contributed by atoms with van der Waals surface area (Å²) in [7, 11) is 0. The van der Waals surface area contributed by atoms with Gasteiger partial charge in [0, 0.05) is 22.5 Å². The first kappa shape index (κ1) is 18.7. The van der Waals surface area contributed by atoms with E-state index in [9.17, 15) is 22.8 Å². The molecule has 2 aromatic carbocycles. The SMILES string of the molecule is O=C1OCC2=C1C(c1ccc(Br)cc1)CC(=O)N2c1ccc(C(F)(F)F)cc1. The van der Waals surface area contributed by atoms with Crippen LogP contribution in [-0.4, -0.2) is 18.5 Å². The third-order valence-corrected chi connectivity index (χ3v) is 5.37. The highest BCUT2D eigenvalue weighted by Crippen LogP contribution is 2.42. The molecule has 0 saturated carbocycles. The maximum atomic E-state index is 12.9. The van der Waals surface area contributed by atoms with E-state index in [1.165, 1.54) is 17.0 Å². The van der Waals surface area contributed by atoms with Gasteiger partial charge in [-0.15, -0.1) is 0 Å². The molecule has 2 aliphatic heterocycles. The van der Waals surface area contributed by atoms with Crippen molar-refractivity contribution in [2.45, 2.75) is 18.5 Å². The van der Waals surface area contributed by atoms with E-state index < -0.39 is 23.6 Å². The summed E-state index contributed by atoms with van der Waals surface area (Å²) < 4.78 is 44.5. The first-order valence-electron chi connectivity index (χ1n) is 8.41. The first-order chi connectivity index (χ1) is 13.3. The topological polar surface area (TPSA) is 46.6 Å². The van der Waals surface area contributed by atoms with Gasteiger partial charge in [0.25, 0.3) is 0 Å². The van der Waals surface area contributed by atoms with Gasteiger partial charge in [-0.2, -0.15) is 13.2 Å². The predicted octanol–water partition coefficient (Wildman–Crippen LogP) is 4.80. The number of nitrogens with zero attached hydrogens (tertiary/aromatic N) is 1. The van der Waals surface area contributed by atoms with E-state index in [1.54, 1.807) is 0 Å². The maximum absolute atomic E-state index is 12.9. The third kappa shape index (κ3) is 3.22. The summed E-state index contributed by atoms with van der Waals surface area (Å²) in [5.41, 5.74) is 1.03. The highest BCUT2D eigenvalue weighted by molar-refractivity contribution is 9.10. The number of ether oxygens (including phenoxy) is 1. The van der Waals surface area contributed by atoms with Crippen LogP contribution in [0.1, 0.15) is 23.5 Å². The number of amides is 1. The Morgan fingerprint density at radius 2 is 1.64 bits per heavy atom. The maximum Gasteiger partial charge on any atom is 0.416 e. The molecule has 2 aromatic rings. The Kier molecular flexibility index (Phi) is 4.53. The van der Waals surface area contributed by atoms with Crippen LogP contribution in [0, 0.1) is 0 Å². The lowest BCUT2D eigenvalue weighted by Gasteiger charge is -2.32. The third-order valence-electron chi connectivity index (χ3n) is 4.84. The molecule has 1 atom stereocenters. The number of alkyl halides is 3. The van der Waals surface area contributed by atoms with Crippen LogP contribution in [0.2, 0.25) is 0 Å². The van der Waals surface area contributed by atoms with Gasteiger partial charge in [0.15, 0.2) is 0 Å². The summed E-state index contributed by atoms with van der Waals surface area (Å²) in [6.07, 6.45) is -4.44. The number of rotatable bonds is 2. The van der Waals surface area contributed by atoms with Gasteiger partial charge in [-0.25, -0.2) is 4.79 Å². The van der Waals surface area contributed by atoms with Gasteiger partial charge in [0.05, 0.1) is 16.8 Å². The Balaban J connectivity index is 1.76. The second-order valence-electron chi connectivity index (χ2n) is 6.52. The van der Waals surface area contributed by atoms with E-state index in [-0.39, 0.29) is 24.6 Å². The predicted molar refractivity (Wildman–Crippen MR) is 98.4 cm³/mol. The molecule has 144 valence electrons. The molecule has 0 aromatic heterocycles. The van der Waals surface area contributed by atoms with Crippen LogP contribution in [0.5, 0.6) is 0 Å². The second kappa shape index (κ2) is 6.77. The number of hydrogen-bond donors (Lipinski definition) is 0. The van der Waals surface area contributed by atoms with Crippen LogP contribution in [0.15, 0.2) is 64.3 Å². The molecular formula is C20H13BrF3NO3. The van der Waals surface area contributed by atoms with Crippen molar-refractivity contribution in [2.75, 3.05) is 11.5 Å². The summed E-state index contributed by atoms with van der Waals surface area (Å²) in [5, 5.41) is 0. The molecule has 1 unspecified atom stereocenters. The van der Waals surface area contributed by atoms with E-state index in [0.717, 1.165) is 22.2 Å². The normalized spacial score (nSPS) is 19.7. The fraction of sp³-hybridized carbons (Fsp3) is 0.200. The van der Waals surface area contributed by atoms with Crippen molar-refractivity contribution < 1.29 is 27.5 Å². The largest absolute Gasteiger partial charge is 0.456 e. The van der Waals surface area contributed by atoms with Crippen LogP contribution in [0.25, 0.3) is 0 Å². The Hall–Kier alpha value is -2.61. The number of carbonyl (C=O) groups excluding carboxylic acids is 2. The Morgan fingerprint density at radius 3 is 2.25 bits per heavy atom. The van der Waals surface area contributed by atoms with Gasteiger partial charge in [-0.3, -0.25) is 9.69 Å². The van der Waals surface area contributed by atoms with Crippen molar-refractivity contribution in [3.8, 4) is 0 Å². The fourth-order valence-electron chi connectivity index (χ4n) is 3.53. The Morgan fingerprint density at radius 1 is 1.00 bits per heavy atom. The van der Waals surface area contributed by atoms with E-state index in [4.69, 9.17) is 4.74 Å². The molecule has 0 radical (unpaired) electrons. The van der Waals surface area contributed by atoms with Crippen LogP contribution < -0.4 is 4.90 Å². The zero-order chi connectivity index (χ0) is 20.1. The molecule has 0 aliphatic carbocycles. The lowest BCUT2D eigenvalue weighted by Crippen LogP contribution is -2.37. The van der Waals surface area contributed by atoms with Gasteiger partial charge >= 0.3 is 12.1 Å². The number of benzene rings is 2. The highest BCUT2D eigenvalue weighted by atomic mass is 79.9. The quantitative estimate of drug-likeness (QED) is 0.616. The van der Waals surface area contributed by atoms with Crippen LogP contribution in [0.4, 0.5) is 18.9 Å². The van der Waals surface area contributed by atoms with Crippen molar-refractivity contribution in [1.29, 1.82) is 0 Å². The molecule has 0 N–H and O–H groups in total. The lowest BCUT2D eigenvalue weighted by atomic mass is 9.84. The summed E-state index contributed by atoms with van der Waals surface area (Å²) in [6, 6.07) is 11.6. The summed E-state index contributed by atoms with van der Waals surface area (Å²) in [4.78, 5) is 26.5. The Labute approximate surface area is 166 Å². The second-order valence-corrected chi connectivity index (χ2v) is 7.43. The molecule has 28 heavy (non-hydrogen) atoms. The molecule has 8 heteroatoms. The van der Waals surface area contributed by atoms with Crippen LogP contribution in [0.3, 0.4) is 0 Å². The van der Waals surface area contributed by atoms with E-state index in [1.807, 2.05) is 24.3 Å². The number of carbonyl (C=O) groups is 2. The smallest absolute Gasteiger partial charge is 0.416 e. The molecule has 4 rings (SSSR count). The van der Waals surface area contributed by atoms with Gasteiger partial charge in [0.2, 0.25) is 5.91 Å². The lowest BCUT2D eigenvalue weighted by molar-refractivity contribution is -0.138. The van der Waals surface area contributed by atoms with E-state index in [0.29, 0.717) is 11.3 Å². The molecular weight excluding hydrogens is 439 g/mol. The number of esters is 1. The molecule has 0 saturated heterocycles. The van der Waals surface area contributed by atoms with Crippen molar-refractivity contribution in [3.63, 3.8) is 0 Å². The average molecular weight is 452 g/mol. The molecule has 0 fully saturated rings. The van der Waals surface area contributed by atoms with E-state index in [2.05, 4.69) is 15.9 Å². The minimum Gasteiger partial charge on any atom is -0.456 e. The van der Waals surface area contributed by atoms with Crippen molar-refractivity contribution in [2.24, 2.45) is 0 Å². The molecule has 2 aliphatic rings. The standard InChI is InChI=1S/C20H13BrF3NO3/c21-13-5-1-11(2-6-13)15-9-17(26)25(16-10-28-19(27)18(15)16)14-7-3-12(4-8-14)20(22,23)24/h1-8,15H,9-10H2. The van der Waals surface area contributed by atoms with Crippen LogP contribution in [-0.2, 0) is 20.5 Å². The molecule has 1 amide bonds. The minimum absolute atomic E-state index is 0.0244. The Bertz CT molecular complexity index is 981. The number of cyclic esters (lactones) is 1. The summed E-state index contributed by atoms with van der Waals surface area (Å²) in [5.74, 6) is -1.26. The zero-order valence-corrected chi connectivity index (χ0v) is 15.9. The number of anilines is 1. The van der Waals surface area contributed by atoms with Gasteiger partial charge in [-0.05, 0) is 42.0 Å². The molecule has 4 nitrogen and oxygen atoms in total. The first-order valence-corrected chi connectivity index (χ1v) is 9.21. The zero-order valence-electron chi connectivity index (χ0n) is 14.3. The highest BCUT2D eigenvalue weighted by Gasteiger charge is 2.43. The molecule has 0 bridgehead atoms. The van der Waals surface area contributed by atoms with Crippen molar-refractivity contribution in [1.82, 2.24) is 0 Å². The number of hydrogen-bond acceptors (Lipinski definition) is 3. The fourth-order valence-corrected chi connectivity index (χ4v) is 3.80. The molecule has 0 spiro atoms. The van der Waals surface area contributed by atoms with Gasteiger partial charge < -0.3 is 4.74 Å². The minimum atomic E-state index is -4.46. The average Bonchev–Trinajstić information content (AvgIpc) is 3.03. The number of halogens is 4. The summed E-state index contributed by atoms with van der Waals surface area (Å²) >= 11 is 3.35. The molecule has 2 heterocycles. The summed E-state index contributed by atoms with van der Waals surface area (Å²) in [6.45, 7) is -0.0893. The van der Waals surface area contributed by atoms with Gasteiger partial charge in [-0.1, -0.05) is 28.1 Å². The monoisotopic (exact) mass is 451 g/mol. The van der Waals surface area contributed by atoms with Crippen molar-refractivity contribution >= 4 is 33.5 Å². The van der Waals surface area contributed by atoms with Crippen molar-refractivity contribution in [3.05, 3.63) is 75.4 Å². The van der Waals surface area contributed by atoms with E-state index >= 15 is 0 Å².